The Labute approximate surface area is 61.0 Å². The molecule has 0 aliphatic heterocycles. The lowest BCUT2D eigenvalue weighted by Gasteiger charge is -2.03. The summed E-state index contributed by atoms with van der Waals surface area (Å²) >= 11 is 0. The van der Waals surface area contributed by atoms with Crippen LogP contribution in [0.5, 0.6) is 0 Å². The van der Waals surface area contributed by atoms with E-state index in [1.807, 2.05) is 0 Å². The van der Waals surface area contributed by atoms with Crippen molar-refractivity contribution in [3.8, 4) is 0 Å². The average Bonchev–Trinajstić information content (AvgIpc) is 2.19. The summed E-state index contributed by atoms with van der Waals surface area (Å²) in [5.74, 6) is 0. The Hall–Kier alpha value is -0.240. The first-order valence-electron chi connectivity index (χ1n) is 3.02. The number of ether oxygens (including phenoxy) is 1. The fourth-order valence-electron chi connectivity index (χ4n) is 1.10. The van der Waals surface area contributed by atoms with Crippen LogP contribution < -0.4 is 0 Å². The molecule has 0 aromatic heterocycles. The van der Waals surface area contributed by atoms with Crippen molar-refractivity contribution in [1.82, 2.24) is 0 Å². The Morgan fingerprint density at radius 1 is 1.33 bits per heavy atom. The molecular weight excluding hydrogens is 140 g/mol. The lowest BCUT2D eigenvalue weighted by Crippen LogP contribution is -2.04. The molecule has 3 heteroatoms. The molecule has 0 radical (unpaired) electrons. The van der Waals surface area contributed by atoms with Crippen molar-refractivity contribution in [3.63, 3.8) is 0 Å². The van der Waals surface area contributed by atoms with Gasteiger partial charge in [0.2, 0.25) is 0 Å². The molecule has 0 aromatic rings. The smallest absolute Gasteiger partial charge is 0.293 e. The van der Waals surface area contributed by atoms with E-state index in [1.165, 1.54) is 12.8 Å². The Bertz CT molecular complexity index is 79.1. The molecule has 9 heavy (non-hydrogen) atoms. The Morgan fingerprint density at radius 3 is 2.33 bits per heavy atom. The highest BCUT2D eigenvalue weighted by Crippen LogP contribution is 2.19. The molecule has 0 unspecified atom stereocenters. The van der Waals surface area contributed by atoms with E-state index in [4.69, 9.17) is 4.74 Å². The van der Waals surface area contributed by atoms with Gasteiger partial charge in [-0.1, -0.05) is 0 Å². The summed E-state index contributed by atoms with van der Waals surface area (Å²) in [5.41, 5.74) is 0. The highest BCUT2D eigenvalue weighted by molar-refractivity contribution is 5.85. The van der Waals surface area contributed by atoms with E-state index < -0.39 is 0 Å². The van der Waals surface area contributed by atoms with Crippen molar-refractivity contribution in [3.05, 3.63) is 0 Å². The summed E-state index contributed by atoms with van der Waals surface area (Å²) in [6, 6.07) is 0. The number of hydrogen-bond donors (Lipinski definition) is 0. The van der Waals surface area contributed by atoms with Gasteiger partial charge in [-0.05, 0) is 25.7 Å². The van der Waals surface area contributed by atoms with Gasteiger partial charge in [0, 0.05) is 0 Å². The minimum atomic E-state index is 0. The number of hydrogen-bond acceptors (Lipinski definition) is 2. The van der Waals surface area contributed by atoms with Crippen molar-refractivity contribution in [2.75, 3.05) is 0 Å². The van der Waals surface area contributed by atoms with Gasteiger partial charge < -0.3 is 4.74 Å². The zero-order valence-electron chi connectivity index (χ0n) is 5.21. The highest BCUT2D eigenvalue weighted by Gasteiger charge is 2.14. The van der Waals surface area contributed by atoms with Crippen molar-refractivity contribution < 1.29 is 9.53 Å². The van der Waals surface area contributed by atoms with Gasteiger partial charge in [-0.3, -0.25) is 4.79 Å². The zero-order valence-corrected chi connectivity index (χ0v) is 6.02. The van der Waals surface area contributed by atoms with Gasteiger partial charge in [0.05, 0.1) is 0 Å². The Kier molecular flexibility index (Phi) is 4.50. The van der Waals surface area contributed by atoms with Crippen molar-refractivity contribution in [2.45, 2.75) is 31.8 Å². The van der Waals surface area contributed by atoms with Crippen LogP contribution in [0.25, 0.3) is 0 Å². The van der Waals surface area contributed by atoms with E-state index >= 15 is 0 Å². The topological polar surface area (TPSA) is 26.3 Å². The standard InChI is InChI=1S/C6H10O2.ClH/c7-5-8-6-3-1-2-4-6;/h5-6H,1-4H2;1H. The third kappa shape index (κ3) is 2.70. The van der Waals surface area contributed by atoms with Gasteiger partial charge in [-0.15, -0.1) is 12.4 Å². The fourth-order valence-corrected chi connectivity index (χ4v) is 1.10. The molecule has 0 heterocycles. The molecule has 1 rings (SSSR count). The maximum Gasteiger partial charge on any atom is 0.293 e. The van der Waals surface area contributed by atoms with E-state index in [-0.39, 0.29) is 18.5 Å². The number of halogens is 1. The zero-order chi connectivity index (χ0) is 5.82. The molecule has 0 atom stereocenters. The first kappa shape index (κ1) is 8.76. The summed E-state index contributed by atoms with van der Waals surface area (Å²) in [6.07, 6.45) is 4.82. The van der Waals surface area contributed by atoms with Crippen LogP contribution in [0.15, 0.2) is 0 Å². The summed E-state index contributed by atoms with van der Waals surface area (Å²) in [7, 11) is 0. The van der Waals surface area contributed by atoms with Crippen LogP contribution in [0, 0.1) is 0 Å². The first-order valence-corrected chi connectivity index (χ1v) is 3.02. The molecule has 54 valence electrons. The van der Waals surface area contributed by atoms with E-state index in [9.17, 15) is 4.79 Å². The first-order chi connectivity index (χ1) is 3.93. The molecule has 0 bridgehead atoms. The number of carbonyl (C=O) groups is 1. The molecule has 1 aliphatic rings. The normalized spacial score (nSPS) is 18.7. The van der Waals surface area contributed by atoms with Gasteiger partial charge >= 0.3 is 0 Å². The molecule has 2 nitrogen and oxygen atoms in total. The van der Waals surface area contributed by atoms with E-state index in [0.29, 0.717) is 6.47 Å². The lowest BCUT2D eigenvalue weighted by atomic mass is 10.3. The van der Waals surface area contributed by atoms with E-state index in [1.54, 1.807) is 0 Å². The quantitative estimate of drug-likeness (QED) is 0.558. The van der Waals surface area contributed by atoms with Crippen molar-refractivity contribution >= 4 is 18.9 Å². The van der Waals surface area contributed by atoms with Crippen LogP contribution in [0.2, 0.25) is 0 Å². The molecule has 0 aromatic carbocycles. The minimum absolute atomic E-state index is 0. The number of rotatable bonds is 2. The van der Waals surface area contributed by atoms with Crippen LogP contribution in [0.4, 0.5) is 0 Å². The van der Waals surface area contributed by atoms with Crippen molar-refractivity contribution in [1.29, 1.82) is 0 Å². The van der Waals surface area contributed by atoms with Gasteiger partial charge in [0.25, 0.3) is 6.47 Å². The van der Waals surface area contributed by atoms with Crippen molar-refractivity contribution in [2.24, 2.45) is 0 Å². The average molecular weight is 151 g/mol. The van der Waals surface area contributed by atoms with Crippen LogP contribution in [-0.4, -0.2) is 12.6 Å². The monoisotopic (exact) mass is 150 g/mol. The summed E-state index contributed by atoms with van der Waals surface area (Å²) < 4.78 is 4.72. The predicted octanol–water partition coefficient (Wildman–Crippen LogP) is 1.52. The fraction of sp³-hybridized carbons (Fsp3) is 0.833. The molecule has 1 saturated carbocycles. The maximum atomic E-state index is 9.74. The second-order valence-electron chi connectivity index (χ2n) is 2.14. The minimum Gasteiger partial charge on any atom is -0.465 e. The predicted molar refractivity (Wildman–Crippen MR) is 36.7 cm³/mol. The van der Waals surface area contributed by atoms with Gasteiger partial charge in [-0.2, -0.15) is 0 Å². The number of carbonyl (C=O) groups excluding carboxylic acids is 1. The highest BCUT2D eigenvalue weighted by atomic mass is 35.5. The SMILES string of the molecule is Cl.O=COC1CCCC1. The molecule has 1 aliphatic carbocycles. The molecule has 1 fully saturated rings. The molecule has 0 spiro atoms. The Morgan fingerprint density at radius 2 is 1.89 bits per heavy atom. The summed E-state index contributed by atoms with van der Waals surface area (Å²) in [5, 5.41) is 0. The van der Waals surface area contributed by atoms with E-state index in [2.05, 4.69) is 0 Å². The molecule has 0 saturated heterocycles. The second-order valence-corrected chi connectivity index (χ2v) is 2.14. The summed E-state index contributed by atoms with van der Waals surface area (Å²) in [4.78, 5) is 9.74. The van der Waals surface area contributed by atoms with Gasteiger partial charge in [0.15, 0.2) is 0 Å². The maximum absolute atomic E-state index is 9.74. The lowest BCUT2D eigenvalue weighted by molar-refractivity contribution is -0.133. The Balaban J connectivity index is 0.000000640. The largest absolute Gasteiger partial charge is 0.465 e. The van der Waals surface area contributed by atoms with Crippen LogP contribution in [0.1, 0.15) is 25.7 Å². The van der Waals surface area contributed by atoms with E-state index in [0.717, 1.165) is 12.8 Å². The van der Waals surface area contributed by atoms with Gasteiger partial charge in [0.1, 0.15) is 6.10 Å². The third-order valence-electron chi connectivity index (χ3n) is 1.55. The molecule has 0 N–H and O–H groups in total. The van der Waals surface area contributed by atoms with Crippen LogP contribution >= 0.6 is 12.4 Å². The molecular formula is C6H11ClO2. The summed E-state index contributed by atoms with van der Waals surface area (Å²) in [6.45, 7) is 0.552. The van der Waals surface area contributed by atoms with Crippen LogP contribution in [-0.2, 0) is 9.53 Å². The van der Waals surface area contributed by atoms with Crippen LogP contribution in [0.3, 0.4) is 0 Å². The second kappa shape index (κ2) is 4.62. The van der Waals surface area contributed by atoms with Gasteiger partial charge in [-0.25, -0.2) is 0 Å². The third-order valence-corrected chi connectivity index (χ3v) is 1.55. The molecule has 0 amide bonds.